The van der Waals surface area contributed by atoms with Crippen LogP contribution in [0.2, 0.25) is 0 Å². The van der Waals surface area contributed by atoms with E-state index in [1.54, 1.807) is 6.92 Å². The predicted molar refractivity (Wildman–Crippen MR) is 59.8 cm³/mol. The van der Waals surface area contributed by atoms with E-state index in [1.807, 2.05) is 0 Å². The number of nitrogens with one attached hydrogen (secondary N) is 1. The number of rotatable bonds is 4. The normalized spacial score (nSPS) is 10.3. The van der Waals surface area contributed by atoms with Gasteiger partial charge in [-0.2, -0.15) is 4.68 Å². The molecule has 1 aromatic carbocycles. The Balaban J connectivity index is 2.58. The number of nitrogens with zero attached hydrogens (tertiary/aromatic N) is 4. The molecule has 0 aliphatic rings. The monoisotopic (exact) mass is 251 g/mol. The number of aromatic nitrogens is 4. The molecule has 9 nitrogen and oxygen atoms in total. The second kappa shape index (κ2) is 4.65. The summed E-state index contributed by atoms with van der Waals surface area (Å²) in [5.41, 5.74) is -0.901. The fourth-order valence-corrected chi connectivity index (χ4v) is 1.44. The van der Waals surface area contributed by atoms with E-state index in [2.05, 4.69) is 15.5 Å². The smallest absolute Gasteiger partial charge is 0.366 e. The first-order chi connectivity index (χ1) is 8.63. The molecule has 0 saturated heterocycles. The summed E-state index contributed by atoms with van der Waals surface area (Å²) in [6, 6.07) is 4.14. The highest BCUT2D eigenvalue weighted by molar-refractivity contribution is 5.55. The third-order valence-electron chi connectivity index (χ3n) is 2.15. The van der Waals surface area contributed by atoms with Crippen molar-refractivity contribution >= 4 is 5.69 Å². The van der Waals surface area contributed by atoms with Gasteiger partial charge in [-0.15, -0.1) is 0 Å². The zero-order valence-electron chi connectivity index (χ0n) is 9.36. The molecule has 94 valence electrons. The van der Waals surface area contributed by atoms with Gasteiger partial charge in [0.05, 0.1) is 17.6 Å². The van der Waals surface area contributed by atoms with Crippen LogP contribution < -0.4 is 10.4 Å². The van der Waals surface area contributed by atoms with Crippen LogP contribution in [-0.4, -0.2) is 31.7 Å². The van der Waals surface area contributed by atoms with E-state index < -0.39 is 10.6 Å². The van der Waals surface area contributed by atoms with E-state index >= 15 is 0 Å². The van der Waals surface area contributed by atoms with Crippen molar-refractivity contribution in [2.24, 2.45) is 0 Å². The first-order valence-corrected chi connectivity index (χ1v) is 5.05. The first kappa shape index (κ1) is 11.8. The quantitative estimate of drug-likeness (QED) is 0.615. The van der Waals surface area contributed by atoms with Gasteiger partial charge in [0.15, 0.2) is 0 Å². The van der Waals surface area contributed by atoms with Gasteiger partial charge < -0.3 is 4.74 Å². The molecule has 0 aliphatic heterocycles. The molecule has 0 atom stereocenters. The standard InChI is InChI=1S/C9H9N5O4/c1-2-18-6-3-4-7(8(5-6)14(16)17)13-9(15)10-11-12-13/h3-5H,2H2,1H3,(H,10,12,15). The minimum absolute atomic E-state index is 0.0298. The Morgan fingerprint density at radius 3 is 2.89 bits per heavy atom. The Morgan fingerprint density at radius 1 is 1.56 bits per heavy atom. The molecule has 0 amide bonds. The molecule has 0 fully saturated rings. The summed E-state index contributed by atoms with van der Waals surface area (Å²) in [5.74, 6) is 0.351. The van der Waals surface area contributed by atoms with Crippen LogP contribution in [0.25, 0.3) is 5.69 Å². The molecule has 18 heavy (non-hydrogen) atoms. The minimum Gasteiger partial charge on any atom is -0.494 e. The van der Waals surface area contributed by atoms with Crippen LogP contribution in [0.4, 0.5) is 5.69 Å². The van der Waals surface area contributed by atoms with Gasteiger partial charge in [-0.25, -0.2) is 9.89 Å². The Morgan fingerprint density at radius 2 is 2.33 bits per heavy atom. The van der Waals surface area contributed by atoms with Gasteiger partial charge in [-0.05, 0) is 29.5 Å². The van der Waals surface area contributed by atoms with Crippen molar-refractivity contribution in [1.29, 1.82) is 0 Å². The summed E-state index contributed by atoms with van der Waals surface area (Å²) in [5, 5.41) is 19.8. The molecule has 2 aromatic rings. The van der Waals surface area contributed by atoms with E-state index in [0.29, 0.717) is 12.4 Å². The number of ether oxygens (including phenoxy) is 1. The van der Waals surface area contributed by atoms with Gasteiger partial charge >= 0.3 is 5.69 Å². The maximum Gasteiger partial charge on any atom is 0.366 e. The average molecular weight is 251 g/mol. The highest BCUT2D eigenvalue weighted by Gasteiger charge is 2.19. The fourth-order valence-electron chi connectivity index (χ4n) is 1.44. The molecule has 0 aliphatic carbocycles. The summed E-state index contributed by atoms with van der Waals surface area (Å²) < 4.78 is 5.98. The molecule has 9 heteroatoms. The molecule has 1 aromatic heterocycles. The van der Waals surface area contributed by atoms with Gasteiger partial charge in [0.2, 0.25) is 0 Å². The van der Waals surface area contributed by atoms with Gasteiger partial charge in [0, 0.05) is 0 Å². The summed E-state index contributed by atoms with van der Waals surface area (Å²) >= 11 is 0. The van der Waals surface area contributed by atoms with Gasteiger partial charge in [-0.1, -0.05) is 0 Å². The lowest BCUT2D eigenvalue weighted by molar-refractivity contribution is -0.384. The minimum atomic E-state index is -0.651. The molecule has 0 unspecified atom stereocenters. The zero-order chi connectivity index (χ0) is 13.1. The Bertz CT molecular complexity index is 632. The molecule has 2 rings (SSSR count). The highest BCUT2D eigenvalue weighted by Crippen LogP contribution is 2.26. The number of aromatic amines is 1. The topological polar surface area (TPSA) is 116 Å². The van der Waals surface area contributed by atoms with Gasteiger partial charge in [-0.3, -0.25) is 10.1 Å². The lowest BCUT2D eigenvalue weighted by Gasteiger charge is -2.05. The number of nitro benzene ring substituents is 1. The van der Waals surface area contributed by atoms with Gasteiger partial charge in [0.25, 0.3) is 5.69 Å². The fraction of sp³-hybridized carbons (Fsp3) is 0.222. The largest absolute Gasteiger partial charge is 0.494 e. The van der Waals surface area contributed by atoms with Crippen LogP contribution >= 0.6 is 0 Å². The van der Waals surface area contributed by atoms with E-state index in [1.165, 1.54) is 18.2 Å². The second-order valence-electron chi connectivity index (χ2n) is 3.26. The molecule has 0 bridgehead atoms. The van der Waals surface area contributed by atoms with Crippen LogP contribution in [0.15, 0.2) is 23.0 Å². The molecule has 0 spiro atoms. The molecule has 1 heterocycles. The number of hydrogen-bond donors (Lipinski definition) is 1. The highest BCUT2D eigenvalue weighted by atomic mass is 16.6. The molecular weight excluding hydrogens is 242 g/mol. The Kier molecular flexibility index (Phi) is 3.04. The number of tetrazole rings is 1. The number of hydrogen-bond acceptors (Lipinski definition) is 6. The molecule has 0 saturated carbocycles. The van der Waals surface area contributed by atoms with Crippen molar-refractivity contribution in [2.75, 3.05) is 6.61 Å². The van der Waals surface area contributed by atoms with E-state index in [9.17, 15) is 14.9 Å². The van der Waals surface area contributed by atoms with E-state index in [0.717, 1.165) is 4.68 Å². The molecular formula is C9H9N5O4. The summed E-state index contributed by atoms with van der Waals surface area (Å²) in [4.78, 5) is 21.7. The predicted octanol–water partition coefficient (Wildman–Crippen LogP) is 0.263. The van der Waals surface area contributed by atoms with Crippen molar-refractivity contribution < 1.29 is 9.66 Å². The maximum absolute atomic E-state index is 11.3. The van der Waals surface area contributed by atoms with Crippen LogP contribution in [0.3, 0.4) is 0 Å². The van der Waals surface area contributed by atoms with Crippen LogP contribution in [0, 0.1) is 10.1 Å². The zero-order valence-corrected chi connectivity index (χ0v) is 9.36. The van der Waals surface area contributed by atoms with Crippen LogP contribution in [0.1, 0.15) is 6.92 Å². The number of H-pyrrole nitrogens is 1. The lowest BCUT2D eigenvalue weighted by atomic mass is 10.2. The maximum atomic E-state index is 11.3. The third-order valence-corrected chi connectivity index (χ3v) is 2.15. The number of benzene rings is 1. The summed E-state index contributed by atoms with van der Waals surface area (Å²) in [6.45, 7) is 2.16. The molecule has 0 radical (unpaired) electrons. The van der Waals surface area contributed by atoms with Crippen molar-refractivity contribution in [3.05, 3.63) is 38.8 Å². The van der Waals surface area contributed by atoms with Crippen molar-refractivity contribution in [2.45, 2.75) is 6.92 Å². The first-order valence-electron chi connectivity index (χ1n) is 5.05. The summed E-state index contributed by atoms with van der Waals surface area (Å²) in [7, 11) is 0. The van der Waals surface area contributed by atoms with Gasteiger partial charge in [0.1, 0.15) is 11.4 Å². The van der Waals surface area contributed by atoms with Crippen LogP contribution in [0.5, 0.6) is 5.75 Å². The van der Waals surface area contributed by atoms with Crippen molar-refractivity contribution in [1.82, 2.24) is 20.2 Å². The Labute approximate surface area is 100 Å². The van der Waals surface area contributed by atoms with Crippen LogP contribution in [-0.2, 0) is 0 Å². The van der Waals surface area contributed by atoms with Crippen molar-refractivity contribution in [3.63, 3.8) is 0 Å². The van der Waals surface area contributed by atoms with E-state index in [4.69, 9.17) is 4.74 Å². The second-order valence-corrected chi connectivity index (χ2v) is 3.26. The number of nitro groups is 1. The summed E-state index contributed by atoms with van der Waals surface area (Å²) in [6.07, 6.45) is 0. The lowest BCUT2D eigenvalue weighted by Crippen LogP contribution is -2.17. The SMILES string of the molecule is CCOc1ccc(-n2nn[nH]c2=O)c([N+](=O)[O-])c1. The average Bonchev–Trinajstić information content (AvgIpc) is 2.76. The Hall–Kier alpha value is -2.71. The molecule has 1 N–H and O–H groups in total. The third kappa shape index (κ3) is 2.05. The van der Waals surface area contributed by atoms with E-state index in [-0.39, 0.29) is 11.4 Å². The van der Waals surface area contributed by atoms with Crippen molar-refractivity contribution in [3.8, 4) is 11.4 Å².